The second kappa shape index (κ2) is 8.65. The summed E-state index contributed by atoms with van der Waals surface area (Å²) in [5.41, 5.74) is 6.41. The van der Waals surface area contributed by atoms with Crippen molar-refractivity contribution in [1.29, 1.82) is 0 Å². The molecule has 7 heteroatoms. The van der Waals surface area contributed by atoms with Gasteiger partial charge in [-0.05, 0) is 50.2 Å². The molecular weight excluding hydrogens is 335 g/mol. The standard InChI is InChI=1S/C17H23FN2O3.ClH/c18-14-10-12(4-5-15(14)23-13-2-1-3-13)20-17(21)16(19)11-6-8-22-9-7-11;/h4-5,10-11,13,16H,1-3,6-9,19H2,(H,20,21);1H. The first-order valence-corrected chi connectivity index (χ1v) is 8.24. The molecule has 24 heavy (non-hydrogen) atoms. The summed E-state index contributed by atoms with van der Waals surface area (Å²) in [5.74, 6) is -0.408. The lowest BCUT2D eigenvalue weighted by Crippen LogP contribution is -2.44. The van der Waals surface area contributed by atoms with Gasteiger partial charge in [-0.3, -0.25) is 4.79 Å². The largest absolute Gasteiger partial charge is 0.487 e. The molecule has 1 unspecified atom stereocenters. The summed E-state index contributed by atoms with van der Waals surface area (Å²) in [6.45, 7) is 1.26. The van der Waals surface area contributed by atoms with E-state index >= 15 is 0 Å². The fourth-order valence-electron chi connectivity index (χ4n) is 2.86. The highest BCUT2D eigenvalue weighted by Crippen LogP contribution is 2.28. The molecule has 1 aliphatic carbocycles. The van der Waals surface area contributed by atoms with Gasteiger partial charge >= 0.3 is 0 Å². The van der Waals surface area contributed by atoms with Crippen molar-refractivity contribution in [1.82, 2.24) is 0 Å². The number of carbonyl (C=O) groups excluding carboxylic acids is 1. The lowest BCUT2D eigenvalue weighted by atomic mass is 9.92. The number of hydrogen-bond acceptors (Lipinski definition) is 4. The Morgan fingerprint density at radius 1 is 1.29 bits per heavy atom. The molecule has 3 N–H and O–H groups in total. The van der Waals surface area contributed by atoms with Gasteiger partial charge < -0.3 is 20.5 Å². The average molecular weight is 359 g/mol. The number of ether oxygens (including phenoxy) is 2. The van der Waals surface area contributed by atoms with Crippen molar-refractivity contribution in [2.75, 3.05) is 18.5 Å². The first-order chi connectivity index (χ1) is 11.1. The van der Waals surface area contributed by atoms with Crippen molar-refractivity contribution in [3.63, 3.8) is 0 Å². The van der Waals surface area contributed by atoms with Gasteiger partial charge in [-0.25, -0.2) is 4.39 Å². The third-order valence-electron chi connectivity index (χ3n) is 4.62. The first kappa shape index (κ1) is 19.0. The van der Waals surface area contributed by atoms with Crippen molar-refractivity contribution in [2.24, 2.45) is 11.7 Å². The Morgan fingerprint density at radius 3 is 2.58 bits per heavy atom. The molecule has 1 heterocycles. The summed E-state index contributed by atoms with van der Waals surface area (Å²) >= 11 is 0. The fourth-order valence-corrected chi connectivity index (χ4v) is 2.86. The molecule has 1 amide bonds. The molecule has 5 nitrogen and oxygen atoms in total. The number of nitrogens with one attached hydrogen (secondary N) is 1. The summed E-state index contributed by atoms with van der Waals surface area (Å²) in [4.78, 5) is 12.2. The van der Waals surface area contributed by atoms with E-state index < -0.39 is 11.9 Å². The van der Waals surface area contributed by atoms with Crippen molar-refractivity contribution in [3.8, 4) is 5.75 Å². The Bertz CT molecular complexity index is 563. The number of nitrogens with two attached hydrogens (primary N) is 1. The maximum Gasteiger partial charge on any atom is 0.241 e. The fraction of sp³-hybridized carbons (Fsp3) is 0.588. The predicted octanol–water partition coefficient (Wildman–Crippen LogP) is 2.87. The predicted molar refractivity (Wildman–Crippen MR) is 92.1 cm³/mol. The molecule has 1 saturated carbocycles. The van der Waals surface area contributed by atoms with E-state index in [0.717, 1.165) is 32.1 Å². The molecule has 0 bridgehead atoms. The molecule has 2 aliphatic rings. The van der Waals surface area contributed by atoms with E-state index in [4.69, 9.17) is 15.2 Å². The second-order valence-electron chi connectivity index (χ2n) is 6.28. The minimum atomic E-state index is -0.604. The molecule has 3 rings (SSSR count). The normalized spacial score (nSPS) is 19.8. The first-order valence-electron chi connectivity index (χ1n) is 8.24. The topological polar surface area (TPSA) is 73.6 Å². The van der Waals surface area contributed by atoms with Crippen LogP contribution in [-0.2, 0) is 9.53 Å². The highest BCUT2D eigenvalue weighted by atomic mass is 35.5. The van der Waals surface area contributed by atoms with Crippen LogP contribution in [0.4, 0.5) is 10.1 Å². The molecule has 1 aliphatic heterocycles. The third kappa shape index (κ3) is 4.59. The van der Waals surface area contributed by atoms with Crippen LogP contribution in [0.3, 0.4) is 0 Å². The monoisotopic (exact) mass is 358 g/mol. The van der Waals surface area contributed by atoms with Crippen LogP contribution in [0, 0.1) is 11.7 Å². The second-order valence-corrected chi connectivity index (χ2v) is 6.28. The zero-order chi connectivity index (χ0) is 16.2. The van der Waals surface area contributed by atoms with Crippen molar-refractivity contribution < 1.29 is 18.7 Å². The van der Waals surface area contributed by atoms with E-state index in [1.54, 1.807) is 12.1 Å². The SMILES string of the molecule is Cl.NC(C(=O)Nc1ccc(OC2CCC2)c(F)c1)C1CCOCC1. The zero-order valence-corrected chi connectivity index (χ0v) is 14.3. The number of halogens is 2. The molecular formula is C17H24ClFN2O3. The van der Waals surface area contributed by atoms with Gasteiger partial charge in [-0.1, -0.05) is 0 Å². The Hall–Kier alpha value is -1.37. The minimum absolute atomic E-state index is 0. The highest BCUT2D eigenvalue weighted by Gasteiger charge is 2.27. The van der Waals surface area contributed by atoms with Gasteiger partial charge in [0.15, 0.2) is 11.6 Å². The van der Waals surface area contributed by atoms with Crippen LogP contribution in [0.25, 0.3) is 0 Å². The molecule has 0 spiro atoms. The van der Waals surface area contributed by atoms with Crippen LogP contribution < -0.4 is 15.8 Å². The molecule has 1 saturated heterocycles. The molecule has 0 aromatic heterocycles. The van der Waals surface area contributed by atoms with Crippen LogP contribution >= 0.6 is 12.4 Å². The number of amides is 1. The molecule has 1 atom stereocenters. The van der Waals surface area contributed by atoms with E-state index in [1.807, 2.05) is 0 Å². The Balaban J connectivity index is 0.00000208. The van der Waals surface area contributed by atoms with E-state index in [0.29, 0.717) is 18.9 Å². The highest BCUT2D eigenvalue weighted by molar-refractivity contribution is 5.94. The van der Waals surface area contributed by atoms with Gasteiger partial charge in [0.05, 0.1) is 12.1 Å². The van der Waals surface area contributed by atoms with Crippen LogP contribution in [0.15, 0.2) is 18.2 Å². The summed E-state index contributed by atoms with van der Waals surface area (Å²) in [7, 11) is 0. The molecule has 1 aromatic rings. The maximum atomic E-state index is 14.1. The molecule has 134 valence electrons. The lowest BCUT2D eigenvalue weighted by Gasteiger charge is -2.27. The Morgan fingerprint density at radius 2 is 2.00 bits per heavy atom. The minimum Gasteiger partial charge on any atom is -0.487 e. The van der Waals surface area contributed by atoms with E-state index in [-0.39, 0.29) is 36.1 Å². The van der Waals surface area contributed by atoms with Gasteiger partial charge in [0, 0.05) is 25.0 Å². The summed E-state index contributed by atoms with van der Waals surface area (Å²) < 4.78 is 24.9. The molecule has 2 fully saturated rings. The van der Waals surface area contributed by atoms with E-state index in [1.165, 1.54) is 6.07 Å². The Kier molecular flexibility index (Phi) is 6.83. The average Bonchev–Trinajstić information content (AvgIpc) is 2.52. The summed E-state index contributed by atoms with van der Waals surface area (Å²) in [6.07, 6.45) is 4.74. The van der Waals surface area contributed by atoms with Crippen LogP contribution in [-0.4, -0.2) is 31.3 Å². The van der Waals surface area contributed by atoms with Gasteiger partial charge in [0.25, 0.3) is 0 Å². The van der Waals surface area contributed by atoms with Crippen molar-refractivity contribution >= 4 is 24.0 Å². The molecule has 0 radical (unpaired) electrons. The quantitative estimate of drug-likeness (QED) is 0.848. The number of carbonyl (C=O) groups is 1. The number of anilines is 1. The summed E-state index contributed by atoms with van der Waals surface area (Å²) in [6, 6.07) is 3.88. The van der Waals surface area contributed by atoms with Gasteiger partial charge in [-0.2, -0.15) is 0 Å². The lowest BCUT2D eigenvalue weighted by molar-refractivity contribution is -0.119. The van der Waals surface area contributed by atoms with Crippen LogP contribution in [0.1, 0.15) is 32.1 Å². The van der Waals surface area contributed by atoms with Crippen LogP contribution in [0.5, 0.6) is 5.75 Å². The van der Waals surface area contributed by atoms with Gasteiger partial charge in [0.2, 0.25) is 5.91 Å². The third-order valence-corrected chi connectivity index (χ3v) is 4.62. The van der Waals surface area contributed by atoms with E-state index in [2.05, 4.69) is 5.32 Å². The zero-order valence-electron chi connectivity index (χ0n) is 13.5. The van der Waals surface area contributed by atoms with Gasteiger partial charge in [-0.15, -0.1) is 12.4 Å². The smallest absolute Gasteiger partial charge is 0.241 e. The molecule has 1 aromatic carbocycles. The number of benzene rings is 1. The Labute approximate surface area is 147 Å². The van der Waals surface area contributed by atoms with Gasteiger partial charge in [0.1, 0.15) is 0 Å². The maximum absolute atomic E-state index is 14.1. The van der Waals surface area contributed by atoms with Crippen LogP contribution in [0.2, 0.25) is 0 Å². The van der Waals surface area contributed by atoms with Crippen molar-refractivity contribution in [3.05, 3.63) is 24.0 Å². The van der Waals surface area contributed by atoms with E-state index in [9.17, 15) is 9.18 Å². The van der Waals surface area contributed by atoms with Crippen molar-refractivity contribution in [2.45, 2.75) is 44.2 Å². The number of rotatable bonds is 5. The summed E-state index contributed by atoms with van der Waals surface area (Å²) in [5, 5.41) is 2.69. The number of hydrogen-bond donors (Lipinski definition) is 2.